The van der Waals surface area contributed by atoms with Crippen LogP contribution in [-0.4, -0.2) is 17.1 Å². The van der Waals surface area contributed by atoms with E-state index >= 15 is 0 Å². The number of aromatic nitrogens is 1. The summed E-state index contributed by atoms with van der Waals surface area (Å²) in [6.45, 7) is 2.35. The van der Waals surface area contributed by atoms with E-state index in [4.69, 9.17) is 9.26 Å². The van der Waals surface area contributed by atoms with Gasteiger partial charge < -0.3 is 14.6 Å². The fraction of sp³-hybridized carbons (Fsp3) is 0.238. The van der Waals surface area contributed by atoms with Crippen LogP contribution in [0.2, 0.25) is 0 Å². The number of amides is 1. The molecular weight excluding hydrogens is 328 g/mol. The lowest BCUT2D eigenvalue weighted by molar-refractivity contribution is 0.0900. The van der Waals surface area contributed by atoms with Crippen LogP contribution in [0.1, 0.15) is 35.0 Å². The third-order valence-corrected chi connectivity index (χ3v) is 4.03. The molecule has 26 heavy (non-hydrogen) atoms. The zero-order valence-corrected chi connectivity index (χ0v) is 14.7. The van der Waals surface area contributed by atoms with Crippen LogP contribution in [0.25, 0.3) is 0 Å². The summed E-state index contributed by atoms with van der Waals surface area (Å²) in [5, 5.41) is 6.72. The minimum absolute atomic E-state index is 0.0292. The van der Waals surface area contributed by atoms with Crippen LogP contribution in [0.5, 0.6) is 5.88 Å². The first-order valence-corrected chi connectivity index (χ1v) is 8.69. The molecule has 0 aliphatic rings. The second kappa shape index (κ2) is 8.85. The van der Waals surface area contributed by atoms with E-state index in [2.05, 4.69) is 22.6 Å². The second-order valence-corrected chi connectivity index (χ2v) is 6.20. The van der Waals surface area contributed by atoms with E-state index < -0.39 is 0 Å². The van der Waals surface area contributed by atoms with E-state index in [1.165, 1.54) is 11.6 Å². The van der Waals surface area contributed by atoms with E-state index in [0.29, 0.717) is 12.5 Å². The number of rotatable bonds is 8. The third-order valence-electron chi connectivity index (χ3n) is 4.03. The number of aryl methyl sites for hydroxylation is 1. The first-order chi connectivity index (χ1) is 12.7. The van der Waals surface area contributed by atoms with Crippen molar-refractivity contribution >= 4 is 5.91 Å². The molecular formula is C21H22N2O3. The Bertz CT molecular complexity index is 816. The number of hydrogen-bond acceptors (Lipinski definition) is 4. The van der Waals surface area contributed by atoms with E-state index in [0.717, 1.165) is 18.4 Å². The Hall–Kier alpha value is -3.08. The highest BCUT2D eigenvalue weighted by Gasteiger charge is 2.16. The maximum Gasteiger partial charge on any atom is 0.290 e. The van der Waals surface area contributed by atoms with Gasteiger partial charge in [-0.3, -0.25) is 4.79 Å². The van der Waals surface area contributed by atoms with Gasteiger partial charge in [0.1, 0.15) is 6.61 Å². The largest absolute Gasteiger partial charge is 0.471 e. The van der Waals surface area contributed by atoms with Crippen molar-refractivity contribution in [2.75, 3.05) is 0 Å². The lowest BCUT2D eigenvalue weighted by Crippen LogP contribution is -2.32. The SMILES string of the molecule is CC(CCc1ccccc1)NC(=O)c1cc(OCc2ccccc2)no1. The van der Waals surface area contributed by atoms with Crippen molar-refractivity contribution in [3.8, 4) is 5.88 Å². The van der Waals surface area contributed by atoms with Gasteiger partial charge in [-0.05, 0) is 36.0 Å². The zero-order valence-electron chi connectivity index (χ0n) is 14.7. The quantitative estimate of drug-likeness (QED) is 0.667. The van der Waals surface area contributed by atoms with Crippen LogP contribution in [-0.2, 0) is 13.0 Å². The normalized spacial score (nSPS) is 11.7. The predicted octanol–water partition coefficient (Wildman–Crippen LogP) is 4.00. The number of nitrogens with one attached hydrogen (secondary N) is 1. The number of hydrogen-bond donors (Lipinski definition) is 1. The Kier molecular flexibility index (Phi) is 6.04. The molecule has 2 aromatic carbocycles. The zero-order chi connectivity index (χ0) is 18.2. The monoisotopic (exact) mass is 350 g/mol. The summed E-state index contributed by atoms with van der Waals surface area (Å²) < 4.78 is 10.6. The molecule has 0 fully saturated rings. The Balaban J connectivity index is 1.46. The smallest absolute Gasteiger partial charge is 0.290 e. The second-order valence-electron chi connectivity index (χ2n) is 6.20. The number of benzene rings is 2. The van der Waals surface area contributed by atoms with Gasteiger partial charge in [0.2, 0.25) is 5.76 Å². The molecule has 0 bridgehead atoms. The molecule has 1 unspecified atom stereocenters. The van der Waals surface area contributed by atoms with Gasteiger partial charge in [-0.25, -0.2) is 0 Å². The maximum absolute atomic E-state index is 12.3. The Morgan fingerprint density at radius 3 is 2.42 bits per heavy atom. The molecule has 0 aliphatic carbocycles. The minimum Gasteiger partial charge on any atom is -0.471 e. The van der Waals surface area contributed by atoms with Crippen molar-refractivity contribution in [2.45, 2.75) is 32.4 Å². The molecule has 1 aromatic heterocycles. The number of ether oxygens (including phenoxy) is 1. The van der Waals surface area contributed by atoms with E-state index in [1.807, 2.05) is 55.5 Å². The fourth-order valence-electron chi connectivity index (χ4n) is 2.56. The van der Waals surface area contributed by atoms with Crippen LogP contribution in [0.15, 0.2) is 71.3 Å². The molecule has 1 atom stereocenters. The van der Waals surface area contributed by atoms with Crippen LogP contribution in [0.3, 0.4) is 0 Å². The Labute approximate surface area is 153 Å². The Morgan fingerprint density at radius 2 is 1.73 bits per heavy atom. The molecule has 0 saturated carbocycles. The van der Waals surface area contributed by atoms with Gasteiger partial charge in [0.05, 0.1) is 6.07 Å². The number of nitrogens with zero attached hydrogens (tertiary/aromatic N) is 1. The van der Waals surface area contributed by atoms with Crippen molar-refractivity contribution in [2.24, 2.45) is 0 Å². The van der Waals surface area contributed by atoms with Crippen LogP contribution in [0.4, 0.5) is 0 Å². The lowest BCUT2D eigenvalue weighted by atomic mass is 10.1. The molecule has 3 aromatic rings. The van der Waals surface area contributed by atoms with E-state index in [9.17, 15) is 4.79 Å². The fourth-order valence-corrected chi connectivity index (χ4v) is 2.56. The molecule has 3 rings (SSSR count). The molecule has 5 heteroatoms. The minimum atomic E-state index is -0.285. The van der Waals surface area contributed by atoms with Crippen molar-refractivity contribution in [3.63, 3.8) is 0 Å². The van der Waals surface area contributed by atoms with Gasteiger partial charge in [-0.2, -0.15) is 0 Å². The molecule has 1 amide bonds. The highest BCUT2D eigenvalue weighted by molar-refractivity contribution is 5.91. The molecule has 0 radical (unpaired) electrons. The summed E-state index contributed by atoms with van der Waals surface area (Å²) in [7, 11) is 0. The predicted molar refractivity (Wildman–Crippen MR) is 99.0 cm³/mol. The van der Waals surface area contributed by atoms with Crippen LogP contribution >= 0.6 is 0 Å². The summed E-state index contributed by atoms with van der Waals surface area (Å²) in [6.07, 6.45) is 1.76. The first-order valence-electron chi connectivity index (χ1n) is 8.69. The van der Waals surface area contributed by atoms with Gasteiger partial charge in [0.25, 0.3) is 11.8 Å². The topological polar surface area (TPSA) is 64.4 Å². The van der Waals surface area contributed by atoms with Crippen LogP contribution < -0.4 is 10.1 Å². The van der Waals surface area contributed by atoms with Gasteiger partial charge >= 0.3 is 0 Å². The van der Waals surface area contributed by atoms with Gasteiger partial charge in [0, 0.05) is 6.04 Å². The van der Waals surface area contributed by atoms with Gasteiger partial charge in [-0.1, -0.05) is 60.7 Å². The van der Waals surface area contributed by atoms with Gasteiger partial charge in [0.15, 0.2) is 0 Å². The summed E-state index contributed by atoms with van der Waals surface area (Å²) in [4.78, 5) is 12.3. The summed E-state index contributed by atoms with van der Waals surface area (Å²) in [6, 6.07) is 21.5. The summed E-state index contributed by atoms with van der Waals surface area (Å²) in [5.74, 6) is 0.170. The van der Waals surface area contributed by atoms with E-state index in [-0.39, 0.29) is 17.7 Å². The molecule has 0 aliphatic heterocycles. The Morgan fingerprint density at radius 1 is 1.08 bits per heavy atom. The van der Waals surface area contributed by atoms with Crippen molar-refractivity contribution in [3.05, 3.63) is 83.6 Å². The summed E-state index contributed by atoms with van der Waals surface area (Å²) >= 11 is 0. The number of carbonyl (C=O) groups excluding carboxylic acids is 1. The molecule has 0 saturated heterocycles. The molecule has 1 N–H and O–H groups in total. The highest BCUT2D eigenvalue weighted by Crippen LogP contribution is 2.14. The van der Waals surface area contributed by atoms with E-state index in [1.54, 1.807) is 0 Å². The summed E-state index contributed by atoms with van der Waals surface area (Å²) in [5.41, 5.74) is 2.28. The maximum atomic E-state index is 12.3. The van der Waals surface area contributed by atoms with Crippen LogP contribution in [0, 0.1) is 0 Å². The van der Waals surface area contributed by atoms with Crippen molar-refractivity contribution in [1.82, 2.24) is 10.5 Å². The average molecular weight is 350 g/mol. The average Bonchev–Trinajstić information content (AvgIpc) is 3.16. The molecule has 1 heterocycles. The van der Waals surface area contributed by atoms with Crippen molar-refractivity contribution in [1.29, 1.82) is 0 Å². The standard InChI is InChI=1S/C21H22N2O3/c1-16(12-13-17-8-4-2-5-9-17)22-21(24)19-14-20(23-26-19)25-15-18-10-6-3-7-11-18/h2-11,14,16H,12-13,15H2,1H3,(H,22,24). The lowest BCUT2D eigenvalue weighted by Gasteiger charge is -2.12. The first kappa shape index (κ1) is 17.7. The number of carbonyl (C=O) groups is 1. The molecule has 5 nitrogen and oxygen atoms in total. The molecule has 134 valence electrons. The highest BCUT2D eigenvalue weighted by atomic mass is 16.5. The third kappa shape index (κ3) is 5.21. The van der Waals surface area contributed by atoms with Gasteiger partial charge in [-0.15, -0.1) is 0 Å². The van der Waals surface area contributed by atoms with Crippen molar-refractivity contribution < 1.29 is 14.1 Å². The molecule has 0 spiro atoms.